The molecule has 12 nitrogen and oxygen atoms in total. The SMILES string of the molecule is c1ccc(-c2cc(-c3ccccc3)nc(-c3ccc(-c4ccc(-n5c6ccccc6c6ccccc65)cc4)cc3)n2)cc1.c1ccc(-c2cc(-c3ccccc3)nc(-c3cccc(-n4c5ccccc5c5cc(-c6ccc7c(c6)c6ccccc6n7-c6ccccc6)ccc54)c3)n2)cc1.c1ccc(-c2nc(-c3ccccc3)nc(-n3c4ccccc4c4ccc(-c5ccc6c(c5)c5ccccc5n6-c5ccccc5)cc43)n2)cc1. The lowest BCUT2D eigenvalue weighted by molar-refractivity contribution is 0.953. The summed E-state index contributed by atoms with van der Waals surface area (Å²) in [5.74, 6) is 3.27. The molecule has 698 valence electrons. The molecule has 0 spiro atoms. The number of nitrogens with zero attached hydrogens (tertiary/aromatic N) is 12. The fourth-order valence-corrected chi connectivity index (χ4v) is 21.5. The largest absolute Gasteiger partial charge is 0.309 e. The van der Waals surface area contributed by atoms with E-state index in [1.165, 1.54) is 92.9 Å². The second-order valence-corrected chi connectivity index (χ2v) is 37.5. The molecular formula is C137H90N12. The molecule has 0 saturated carbocycles. The fourth-order valence-electron chi connectivity index (χ4n) is 21.5. The average molecular weight is 1900 g/mol. The first-order chi connectivity index (χ1) is 73.9. The van der Waals surface area contributed by atoms with E-state index >= 15 is 0 Å². The van der Waals surface area contributed by atoms with Crippen LogP contribution in [0.3, 0.4) is 0 Å². The monoisotopic (exact) mass is 1900 g/mol. The molecule has 29 rings (SSSR count). The lowest BCUT2D eigenvalue weighted by Gasteiger charge is -2.12. The van der Waals surface area contributed by atoms with Crippen LogP contribution >= 0.6 is 0 Å². The van der Waals surface area contributed by atoms with Crippen LogP contribution in [0, 0.1) is 0 Å². The Labute approximate surface area is 859 Å². The van der Waals surface area contributed by atoms with Gasteiger partial charge in [-0.1, -0.05) is 406 Å². The maximum absolute atomic E-state index is 5.13. The molecule has 0 N–H and O–H groups in total. The van der Waals surface area contributed by atoms with Gasteiger partial charge in [0, 0.05) is 121 Å². The Bertz CT molecular complexity index is 9880. The van der Waals surface area contributed by atoms with Crippen LogP contribution in [0.5, 0.6) is 0 Å². The number of fused-ring (bicyclic) bond motifs is 15. The maximum Gasteiger partial charge on any atom is 0.238 e. The van der Waals surface area contributed by atoms with E-state index in [1.54, 1.807) is 0 Å². The predicted molar refractivity (Wildman–Crippen MR) is 615 cm³/mol. The average Bonchev–Trinajstić information content (AvgIpc) is 1.58. The summed E-state index contributed by atoms with van der Waals surface area (Å²) in [6.45, 7) is 0. The molecule has 0 aliphatic carbocycles. The van der Waals surface area contributed by atoms with Crippen LogP contribution in [0.2, 0.25) is 0 Å². The van der Waals surface area contributed by atoms with Crippen molar-refractivity contribution in [3.63, 3.8) is 0 Å². The third-order valence-electron chi connectivity index (χ3n) is 28.5. The van der Waals surface area contributed by atoms with E-state index in [1.807, 2.05) is 109 Å². The molecule has 0 amide bonds. The van der Waals surface area contributed by atoms with Gasteiger partial charge in [0.15, 0.2) is 23.3 Å². The fraction of sp³-hybridized carbons (Fsp3) is 0. The number of hydrogen-bond donors (Lipinski definition) is 0. The summed E-state index contributed by atoms with van der Waals surface area (Å²) in [5.41, 5.74) is 34.8. The molecule has 0 unspecified atom stereocenters. The van der Waals surface area contributed by atoms with E-state index in [-0.39, 0.29) is 0 Å². The minimum atomic E-state index is 0.586. The van der Waals surface area contributed by atoms with Crippen molar-refractivity contribution in [1.82, 2.24) is 57.7 Å². The molecule has 0 aliphatic heterocycles. The summed E-state index contributed by atoms with van der Waals surface area (Å²) in [6.07, 6.45) is 0. The zero-order valence-corrected chi connectivity index (χ0v) is 80.8. The van der Waals surface area contributed by atoms with Crippen LogP contribution in [-0.4, -0.2) is 57.7 Å². The third kappa shape index (κ3) is 16.3. The van der Waals surface area contributed by atoms with Crippen LogP contribution < -0.4 is 0 Å². The van der Waals surface area contributed by atoms with E-state index in [0.29, 0.717) is 29.2 Å². The van der Waals surface area contributed by atoms with Gasteiger partial charge in [0.05, 0.1) is 77.9 Å². The Kier molecular flexibility index (Phi) is 22.3. The van der Waals surface area contributed by atoms with Crippen LogP contribution in [0.25, 0.3) is 262 Å². The Morgan fingerprint density at radius 2 is 0.336 bits per heavy atom. The van der Waals surface area contributed by atoms with E-state index in [2.05, 4.69) is 460 Å². The summed E-state index contributed by atoms with van der Waals surface area (Å²) < 4.78 is 11.6. The Balaban J connectivity index is 0.000000111. The van der Waals surface area contributed by atoms with Gasteiger partial charge < -0.3 is 18.3 Å². The topological polar surface area (TPSA) is 115 Å². The van der Waals surface area contributed by atoms with Gasteiger partial charge in [-0.3, -0.25) is 4.57 Å². The number of benzene rings is 21. The van der Waals surface area contributed by atoms with Crippen molar-refractivity contribution in [3.8, 4) is 153 Å². The van der Waals surface area contributed by atoms with Gasteiger partial charge in [0.25, 0.3) is 0 Å². The molecule has 0 saturated heterocycles. The van der Waals surface area contributed by atoms with Crippen LogP contribution in [0.1, 0.15) is 0 Å². The molecule has 0 atom stereocenters. The molecular weight excluding hydrogens is 1810 g/mol. The zero-order valence-electron chi connectivity index (χ0n) is 80.8. The summed E-state index contributed by atoms with van der Waals surface area (Å²) in [6, 6.07) is 192. The van der Waals surface area contributed by atoms with Crippen molar-refractivity contribution >= 4 is 109 Å². The minimum absolute atomic E-state index is 0.586. The lowest BCUT2D eigenvalue weighted by Crippen LogP contribution is -2.06. The van der Waals surface area contributed by atoms with Crippen molar-refractivity contribution in [2.45, 2.75) is 0 Å². The molecule has 8 heterocycles. The maximum atomic E-state index is 5.13. The quantitative estimate of drug-likeness (QED) is 0.0946. The number of para-hydroxylation sites is 8. The molecule has 149 heavy (non-hydrogen) atoms. The molecule has 29 aromatic rings. The Morgan fingerprint density at radius 3 is 0.698 bits per heavy atom. The van der Waals surface area contributed by atoms with E-state index < -0.39 is 0 Å². The zero-order chi connectivity index (χ0) is 98.6. The standard InChI is InChI=1S/C52H34N4.C45H29N5.C40H27N3/c1-4-15-35(16-5-1)46-34-47(36-17-6-2-7-18-36)54-52(53-46)39-19-14-22-41(31-39)56-49-26-13-11-24-43(49)45-33-38(28-30-51(45)56)37-27-29-50-44(32-37)42-23-10-12-25-48(42)55(50)40-20-8-3-9-21-40;1-4-14-30(15-5-1)43-46-44(31-16-6-2-7-17-31)48-45(47-43)50-40-23-13-10-20-35(40)37-26-24-33(29-42(37)50)32-25-27-41-38(28-32)36-21-11-12-22-39(36)49(41)34-18-8-3-9-19-34;1-3-11-30(12-4-1)36-27-37(31-13-5-2-6-14-31)42-40(41-36)32-21-19-28(20-22-32)29-23-25-33(26-24-29)43-38-17-9-7-15-34(38)35-16-8-10-18-39(35)43/h1-34H;1-29H;1-27H. The normalized spacial score (nSPS) is 11.5. The third-order valence-corrected chi connectivity index (χ3v) is 28.5. The van der Waals surface area contributed by atoms with Gasteiger partial charge in [-0.05, 0) is 173 Å². The first kappa shape index (κ1) is 87.8. The summed E-state index contributed by atoms with van der Waals surface area (Å²) in [5, 5.41) is 12.2. The minimum Gasteiger partial charge on any atom is -0.309 e. The highest BCUT2D eigenvalue weighted by Crippen LogP contribution is 2.45. The van der Waals surface area contributed by atoms with Crippen molar-refractivity contribution in [2.75, 3.05) is 0 Å². The highest BCUT2D eigenvalue weighted by molar-refractivity contribution is 6.16. The smallest absolute Gasteiger partial charge is 0.238 e. The van der Waals surface area contributed by atoms with Gasteiger partial charge in [0.2, 0.25) is 5.95 Å². The summed E-state index contributed by atoms with van der Waals surface area (Å²) in [7, 11) is 0. The number of rotatable bonds is 16. The van der Waals surface area contributed by atoms with Gasteiger partial charge in [0.1, 0.15) is 0 Å². The summed E-state index contributed by atoms with van der Waals surface area (Å²) >= 11 is 0. The second-order valence-electron chi connectivity index (χ2n) is 37.5. The van der Waals surface area contributed by atoms with Crippen molar-refractivity contribution in [2.24, 2.45) is 0 Å². The molecule has 0 bridgehead atoms. The van der Waals surface area contributed by atoms with Crippen molar-refractivity contribution < 1.29 is 0 Å². The van der Waals surface area contributed by atoms with E-state index in [9.17, 15) is 0 Å². The first-order valence-electron chi connectivity index (χ1n) is 50.3. The lowest BCUT2D eigenvalue weighted by atomic mass is 10.0. The second kappa shape index (κ2) is 37.9. The number of aromatic nitrogens is 12. The van der Waals surface area contributed by atoms with Gasteiger partial charge in [-0.15, -0.1) is 0 Å². The van der Waals surface area contributed by atoms with Crippen LogP contribution in [-0.2, 0) is 0 Å². The number of hydrogen-bond acceptors (Lipinski definition) is 7. The Hall–Kier alpha value is -20.2. The highest BCUT2D eigenvalue weighted by Gasteiger charge is 2.25. The summed E-state index contributed by atoms with van der Waals surface area (Å²) in [4.78, 5) is 35.4. The first-order valence-corrected chi connectivity index (χ1v) is 50.3. The molecule has 0 fully saturated rings. The molecule has 21 aromatic carbocycles. The Morgan fingerprint density at radius 1 is 0.107 bits per heavy atom. The highest BCUT2D eigenvalue weighted by atomic mass is 15.2. The van der Waals surface area contributed by atoms with Crippen molar-refractivity contribution in [1.29, 1.82) is 0 Å². The van der Waals surface area contributed by atoms with Gasteiger partial charge in [-0.2, -0.15) is 9.97 Å². The van der Waals surface area contributed by atoms with Crippen LogP contribution in [0.15, 0.2) is 546 Å². The van der Waals surface area contributed by atoms with Crippen molar-refractivity contribution in [3.05, 3.63) is 546 Å². The van der Waals surface area contributed by atoms with Gasteiger partial charge in [-0.25, -0.2) is 24.9 Å². The molecule has 8 aromatic heterocycles. The molecule has 12 heteroatoms. The van der Waals surface area contributed by atoms with E-state index in [0.717, 1.165) is 140 Å². The van der Waals surface area contributed by atoms with Crippen LogP contribution in [0.4, 0.5) is 0 Å². The van der Waals surface area contributed by atoms with E-state index in [4.69, 9.17) is 34.9 Å². The van der Waals surface area contributed by atoms with Gasteiger partial charge >= 0.3 is 0 Å². The predicted octanol–water partition coefficient (Wildman–Crippen LogP) is 34.6. The molecule has 0 aliphatic rings. The molecule has 0 radical (unpaired) electrons.